The second kappa shape index (κ2) is 8.53. The van der Waals surface area contributed by atoms with E-state index in [1.54, 1.807) is 39.9 Å². The normalized spacial score (nSPS) is 18.4. The van der Waals surface area contributed by atoms with Crippen LogP contribution in [0.4, 0.5) is 5.13 Å². The van der Waals surface area contributed by atoms with Crippen LogP contribution >= 0.6 is 11.3 Å². The summed E-state index contributed by atoms with van der Waals surface area (Å²) in [6.07, 6.45) is 6.27. The molecule has 1 aliphatic heterocycles. The van der Waals surface area contributed by atoms with E-state index in [-0.39, 0.29) is 17.2 Å². The van der Waals surface area contributed by atoms with Crippen molar-refractivity contribution in [3.63, 3.8) is 0 Å². The smallest absolute Gasteiger partial charge is 0.243 e. The lowest BCUT2D eigenvalue weighted by Gasteiger charge is -2.29. The van der Waals surface area contributed by atoms with E-state index in [2.05, 4.69) is 17.2 Å². The summed E-state index contributed by atoms with van der Waals surface area (Å²) in [6.45, 7) is 3.43. The third-order valence-corrected chi connectivity index (χ3v) is 8.83. The predicted molar refractivity (Wildman–Crippen MR) is 115 cm³/mol. The number of thiazole rings is 1. The zero-order valence-electron chi connectivity index (χ0n) is 16.7. The van der Waals surface area contributed by atoms with Gasteiger partial charge in [-0.15, -0.1) is 11.3 Å². The number of hydrogen-bond acceptors (Lipinski definition) is 6. The number of carbonyl (C=O) groups excluding carboxylic acids is 1. The van der Waals surface area contributed by atoms with Crippen molar-refractivity contribution in [2.75, 3.05) is 25.0 Å². The molecule has 0 saturated carbocycles. The number of aromatic nitrogens is 1. The van der Waals surface area contributed by atoms with Gasteiger partial charge >= 0.3 is 0 Å². The molecule has 8 heteroatoms. The summed E-state index contributed by atoms with van der Waals surface area (Å²) in [4.78, 5) is 18.7. The largest absolute Gasteiger partial charge is 0.354 e. The Morgan fingerprint density at radius 3 is 2.55 bits per heavy atom. The maximum atomic E-state index is 12.8. The Labute approximate surface area is 176 Å². The van der Waals surface area contributed by atoms with Crippen LogP contribution in [0.2, 0.25) is 0 Å². The van der Waals surface area contributed by atoms with Gasteiger partial charge in [-0.3, -0.25) is 4.79 Å². The van der Waals surface area contributed by atoms with Crippen molar-refractivity contribution in [3.8, 4) is 0 Å². The molecule has 6 nitrogen and oxygen atoms in total. The molecule has 0 radical (unpaired) electrons. The van der Waals surface area contributed by atoms with Crippen LogP contribution in [0.1, 0.15) is 53.5 Å². The highest BCUT2D eigenvalue weighted by Crippen LogP contribution is 2.29. The molecule has 0 unspecified atom stereocenters. The van der Waals surface area contributed by atoms with Crippen molar-refractivity contribution in [1.29, 1.82) is 0 Å². The SMILES string of the molecule is CC1CCN(S(=O)(=O)c2ccc(C(=O)CNc3nc4c(s3)CCCC4)cc2)CC1. The number of fused-ring (bicyclic) bond motifs is 1. The van der Waals surface area contributed by atoms with E-state index in [1.165, 1.54) is 17.7 Å². The van der Waals surface area contributed by atoms with Gasteiger partial charge < -0.3 is 5.32 Å². The van der Waals surface area contributed by atoms with E-state index < -0.39 is 10.0 Å². The van der Waals surface area contributed by atoms with Gasteiger partial charge in [-0.05, 0) is 68.7 Å². The average Bonchev–Trinajstić information content (AvgIpc) is 3.15. The van der Waals surface area contributed by atoms with Crippen molar-refractivity contribution in [2.24, 2.45) is 5.92 Å². The number of sulfonamides is 1. The van der Waals surface area contributed by atoms with Crippen LogP contribution < -0.4 is 5.32 Å². The van der Waals surface area contributed by atoms with Crippen LogP contribution in [-0.4, -0.2) is 43.1 Å². The molecule has 2 aromatic rings. The molecular formula is C21H27N3O3S2. The van der Waals surface area contributed by atoms with Gasteiger partial charge in [0.25, 0.3) is 0 Å². The lowest BCUT2D eigenvalue weighted by molar-refractivity contribution is 0.101. The zero-order chi connectivity index (χ0) is 20.4. The van der Waals surface area contributed by atoms with Crippen LogP contribution in [0.5, 0.6) is 0 Å². The van der Waals surface area contributed by atoms with Crippen molar-refractivity contribution < 1.29 is 13.2 Å². The summed E-state index contributed by atoms with van der Waals surface area (Å²) in [5, 5.41) is 3.93. The Bertz CT molecular complexity index is 952. The summed E-state index contributed by atoms with van der Waals surface area (Å²) in [7, 11) is -3.49. The molecule has 1 aliphatic carbocycles. The van der Waals surface area contributed by atoms with Gasteiger partial charge in [0.2, 0.25) is 10.0 Å². The first-order valence-electron chi connectivity index (χ1n) is 10.3. The summed E-state index contributed by atoms with van der Waals surface area (Å²) in [5.41, 5.74) is 1.67. The number of nitrogens with one attached hydrogen (secondary N) is 1. The van der Waals surface area contributed by atoms with E-state index >= 15 is 0 Å². The number of anilines is 1. The monoisotopic (exact) mass is 433 g/mol. The van der Waals surface area contributed by atoms with E-state index in [0.29, 0.717) is 24.6 Å². The number of benzene rings is 1. The van der Waals surface area contributed by atoms with Gasteiger partial charge in [-0.25, -0.2) is 13.4 Å². The Kier molecular flexibility index (Phi) is 6.03. The van der Waals surface area contributed by atoms with Crippen molar-refractivity contribution in [2.45, 2.75) is 50.3 Å². The first kappa shape index (κ1) is 20.5. The minimum absolute atomic E-state index is 0.0751. The van der Waals surface area contributed by atoms with Gasteiger partial charge in [-0.2, -0.15) is 4.31 Å². The van der Waals surface area contributed by atoms with Gasteiger partial charge in [0, 0.05) is 23.5 Å². The average molecular weight is 434 g/mol. The maximum Gasteiger partial charge on any atom is 0.243 e. The number of piperidine rings is 1. The predicted octanol–water partition coefficient (Wildman–Crippen LogP) is 3.74. The first-order valence-corrected chi connectivity index (χ1v) is 12.5. The van der Waals surface area contributed by atoms with Crippen LogP contribution in [-0.2, 0) is 22.9 Å². The third kappa shape index (κ3) is 4.54. The van der Waals surface area contributed by atoms with Crippen LogP contribution in [0, 0.1) is 5.92 Å². The van der Waals surface area contributed by atoms with Crippen LogP contribution in [0.25, 0.3) is 0 Å². The van der Waals surface area contributed by atoms with Crippen molar-refractivity contribution >= 4 is 32.3 Å². The topological polar surface area (TPSA) is 79.4 Å². The molecule has 1 fully saturated rings. The molecule has 0 spiro atoms. The van der Waals surface area contributed by atoms with Gasteiger partial charge in [0.15, 0.2) is 10.9 Å². The lowest BCUT2D eigenvalue weighted by Crippen LogP contribution is -2.37. The fraction of sp³-hybridized carbons (Fsp3) is 0.524. The lowest BCUT2D eigenvalue weighted by atomic mass is 10.0. The summed E-state index contributed by atoms with van der Waals surface area (Å²) in [5.74, 6) is 0.492. The van der Waals surface area contributed by atoms with E-state index in [1.807, 2.05) is 0 Å². The summed E-state index contributed by atoms with van der Waals surface area (Å²) >= 11 is 1.63. The van der Waals surface area contributed by atoms with Crippen LogP contribution in [0.3, 0.4) is 0 Å². The second-order valence-corrected chi connectivity index (χ2v) is 11.0. The first-order chi connectivity index (χ1) is 13.9. The zero-order valence-corrected chi connectivity index (χ0v) is 18.3. The molecule has 156 valence electrons. The number of hydrogen-bond donors (Lipinski definition) is 1. The number of ketones is 1. The van der Waals surface area contributed by atoms with Gasteiger partial charge in [0.05, 0.1) is 17.1 Å². The summed E-state index contributed by atoms with van der Waals surface area (Å²) in [6, 6.07) is 6.30. The number of nitrogens with zero attached hydrogens (tertiary/aromatic N) is 2. The summed E-state index contributed by atoms with van der Waals surface area (Å²) < 4.78 is 27.2. The molecule has 0 amide bonds. The molecule has 1 N–H and O–H groups in total. The molecule has 2 aliphatic rings. The number of carbonyl (C=O) groups is 1. The van der Waals surface area contributed by atoms with E-state index in [9.17, 15) is 13.2 Å². The van der Waals surface area contributed by atoms with Crippen LogP contribution in [0.15, 0.2) is 29.2 Å². The van der Waals surface area contributed by atoms with E-state index in [0.717, 1.165) is 36.5 Å². The molecule has 29 heavy (non-hydrogen) atoms. The fourth-order valence-corrected chi connectivity index (χ4v) is 6.39. The number of aryl methyl sites for hydroxylation is 2. The Balaban J connectivity index is 1.38. The Hall–Kier alpha value is -1.77. The number of Topliss-reactive ketones (excluding diaryl/α,β-unsaturated/α-hetero) is 1. The molecule has 1 aromatic carbocycles. The number of rotatable bonds is 6. The van der Waals surface area contributed by atoms with Crippen molar-refractivity contribution in [3.05, 3.63) is 40.4 Å². The minimum atomic E-state index is -3.49. The van der Waals surface area contributed by atoms with Gasteiger partial charge in [0.1, 0.15) is 0 Å². The molecule has 2 heterocycles. The van der Waals surface area contributed by atoms with Gasteiger partial charge in [-0.1, -0.05) is 6.92 Å². The molecular weight excluding hydrogens is 406 g/mol. The highest BCUT2D eigenvalue weighted by molar-refractivity contribution is 7.89. The molecule has 1 aromatic heterocycles. The standard InChI is InChI=1S/C21H27N3O3S2/c1-15-10-12-24(13-11-15)29(26,27)17-8-6-16(7-9-17)19(25)14-22-21-23-18-4-2-3-5-20(18)28-21/h6-9,15H,2-5,10-14H2,1H3,(H,22,23). The fourth-order valence-electron chi connectivity index (χ4n) is 3.87. The highest BCUT2D eigenvalue weighted by Gasteiger charge is 2.28. The maximum absolute atomic E-state index is 12.8. The molecule has 4 rings (SSSR count). The Morgan fingerprint density at radius 2 is 1.86 bits per heavy atom. The third-order valence-electron chi connectivity index (χ3n) is 5.80. The molecule has 0 atom stereocenters. The Morgan fingerprint density at radius 1 is 1.17 bits per heavy atom. The van der Waals surface area contributed by atoms with Crippen molar-refractivity contribution in [1.82, 2.24) is 9.29 Å². The molecule has 1 saturated heterocycles. The highest BCUT2D eigenvalue weighted by atomic mass is 32.2. The molecule has 0 bridgehead atoms. The second-order valence-electron chi connectivity index (χ2n) is 7.98. The quantitative estimate of drug-likeness (QED) is 0.702. The minimum Gasteiger partial charge on any atom is -0.354 e. The van der Waals surface area contributed by atoms with E-state index in [4.69, 9.17) is 0 Å².